The Balaban J connectivity index is 2.18. The molecular formula is C39H60N4O7. The monoisotopic (exact) mass is 696 g/mol. The molecule has 4 amide bonds. The molecule has 5 N–H and O–H groups in total. The quantitative estimate of drug-likeness (QED) is 0.0895. The average molecular weight is 697 g/mol. The highest BCUT2D eigenvalue weighted by atomic mass is 16.6. The van der Waals surface area contributed by atoms with Gasteiger partial charge in [-0.2, -0.15) is 0 Å². The van der Waals surface area contributed by atoms with Crippen LogP contribution in [0.3, 0.4) is 0 Å². The van der Waals surface area contributed by atoms with Gasteiger partial charge in [-0.25, -0.2) is 9.59 Å². The number of carbonyl (C=O) groups excluding carboxylic acids is 4. The zero-order chi connectivity index (χ0) is 36.9. The van der Waals surface area contributed by atoms with Gasteiger partial charge in [-0.15, -0.1) is 0 Å². The van der Waals surface area contributed by atoms with Crippen molar-refractivity contribution in [3.63, 3.8) is 0 Å². The molecule has 0 saturated heterocycles. The minimum atomic E-state index is -1.13. The first-order valence-electron chi connectivity index (χ1n) is 18.2. The first-order chi connectivity index (χ1) is 24.0. The Morgan fingerprint density at radius 1 is 0.580 bits per heavy atom. The molecule has 2 unspecified atom stereocenters. The molecular weight excluding hydrogens is 636 g/mol. The van der Waals surface area contributed by atoms with Crippen LogP contribution in [0.5, 0.6) is 0 Å². The maximum atomic E-state index is 13.7. The van der Waals surface area contributed by atoms with Crippen molar-refractivity contribution >= 4 is 24.0 Å². The summed E-state index contributed by atoms with van der Waals surface area (Å²) in [5.41, 5.74) is 1.64. The normalized spacial score (nSPS) is 14.2. The zero-order valence-electron chi connectivity index (χ0n) is 30.8. The second-order valence-electron chi connectivity index (χ2n) is 13.6. The molecule has 50 heavy (non-hydrogen) atoms. The highest BCUT2D eigenvalue weighted by Gasteiger charge is 2.35. The summed E-state index contributed by atoms with van der Waals surface area (Å²) in [6, 6.07) is 15.3. The molecule has 0 spiro atoms. The van der Waals surface area contributed by atoms with E-state index in [9.17, 15) is 24.3 Å². The molecule has 2 aromatic rings. The number of alkyl carbamates (subject to hydrolysis) is 2. The molecule has 11 nitrogen and oxygen atoms in total. The van der Waals surface area contributed by atoms with Crippen LogP contribution < -0.4 is 21.3 Å². The van der Waals surface area contributed by atoms with Crippen molar-refractivity contribution in [3.05, 3.63) is 71.8 Å². The Hall–Kier alpha value is -4.12. The molecule has 2 aromatic carbocycles. The number of rotatable bonds is 22. The van der Waals surface area contributed by atoms with Gasteiger partial charge in [-0.3, -0.25) is 9.59 Å². The third-order valence-electron chi connectivity index (χ3n) is 8.59. The Morgan fingerprint density at radius 2 is 0.940 bits per heavy atom. The summed E-state index contributed by atoms with van der Waals surface area (Å²) in [7, 11) is 0. The maximum absolute atomic E-state index is 13.7. The summed E-state index contributed by atoms with van der Waals surface area (Å²) in [5, 5.41) is 23.2. The van der Waals surface area contributed by atoms with E-state index in [2.05, 4.69) is 35.1 Å². The van der Waals surface area contributed by atoms with Crippen LogP contribution in [0.4, 0.5) is 9.59 Å². The fraction of sp³-hybridized carbons (Fsp3) is 0.590. The number of benzene rings is 2. The van der Waals surface area contributed by atoms with Gasteiger partial charge in [0.1, 0.15) is 25.3 Å². The summed E-state index contributed by atoms with van der Waals surface area (Å²) in [4.78, 5) is 52.8. The van der Waals surface area contributed by atoms with Gasteiger partial charge >= 0.3 is 12.2 Å². The fourth-order valence-electron chi connectivity index (χ4n) is 5.56. The SMILES string of the molecule is CCCCCC(NC(=O)[C@@H](NC(=O)OCc1ccccc1)C(C)C)C(O)C(CCCCC)NC(=O)[C@@H](NC(=O)OCc1ccccc1)C(C)C. The van der Waals surface area contributed by atoms with Crippen LogP contribution in [0.2, 0.25) is 0 Å². The van der Waals surface area contributed by atoms with Gasteiger partial charge in [-0.05, 0) is 35.8 Å². The van der Waals surface area contributed by atoms with Crippen molar-refractivity contribution in [2.45, 2.75) is 136 Å². The third-order valence-corrected chi connectivity index (χ3v) is 8.59. The summed E-state index contributed by atoms with van der Waals surface area (Å²) in [5.74, 6) is -1.43. The van der Waals surface area contributed by atoms with E-state index in [1.165, 1.54) is 0 Å². The minimum absolute atomic E-state index is 0.0631. The van der Waals surface area contributed by atoms with Gasteiger partial charge in [0.25, 0.3) is 0 Å². The molecule has 0 aromatic heterocycles. The van der Waals surface area contributed by atoms with Crippen LogP contribution in [0.25, 0.3) is 0 Å². The Labute approximate surface area is 298 Å². The van der Waals surface area contributed by atoms with E-state index in [0.29, 0.717) is 12.8 Å². The number of aliphatic hydroxyl groups excluding tert-OH is 1. The molecule has 0 radical (unpaired) electrons. The highest BCUT2D eigenvalue weighted by molar-refractivity contribution is 5.87. The fourth-order valence-corrected chi connectivity index (χ4v) is 5.56. The summed E-state index contributed by atoms with van der Waals surface area (Å²) in [6.07, 6.45) is 3.55. The second kappa shape index (κ2) is 23.3. The first kappa shape index (κ1) is 42.0. The molecule has 2 rings (SSSR count). The Bertz CT molecular complexity index is 1180. The number of ether oxygens (including phenoxy) is 2. The van der Waals surface area contributed by atoms with Gasteiger partial charge in [0.15, 0.2) is 0 Å². The van der Waals surface area contributed by atoms with E-state index in [4.69, 9.17) is 9.47 Å². The summed E-state index contributed by atoms with van der Waals surface area (Å²) >= 11 is 0. The Morgan fingerprint density at radius 3 is 1.26 bits per heavy atom. The number of amides is 4. The van der Waals surface area contributed by atoms with Gasteiger partial charge in [0, 0.05) is 0 Å². The maximum Gasteiger partial charge on any atom is 0.408 e. The predicted molar refractivity (Wildman–Crippen MR) is 195 cm³/mol. The van der Waals surface area contributed by atoms with Crippen LogP contribution >= 0.6 is 0 Å². The van der Waals surface area contributed by atoms with Crippen molar-refractivity contribution in [2.24, 2.45) is 11.8 Å². The van der Waals surface area contributed by atoms with Gasteiger partial charge in [-0.1, -0.05) is 141 Å². The van der Waals surface area contributed by atoms with E-state index >= 15 is 0 Å². The van der Waals surface area contributed by atoms with Crippen molar-refractivity contribution in [1.29, 1.82) is 0 Å². The van der Waals surface area contributed by atoms with E-state index in [0.717, 1.165) is 49.7 Å². The van der Waals surface area contributed by atoms with Crippen molar-refractivity contribution in [3.8, 4) is 0 Å². The zero-order valence-corrected chi connectivity index (χ0v) is 30.8. The highest BCUT2D eigenvalue weighted by Crippen LogP contribution is 2.17. The lowest BCUT2D eigenvalue weighted by atomic mass is 9.92. The van der Waals surface area contributed by atoms with Crippen LogP contribution in [0.15, 0.2) is 60.7 Å². The number of hydrogen-bond acceptors (Lipinski definition) is 7. The van der Waals surface area contributed by atoms with Crippen LogP contribution in [0.1, 0.15) is 104 Å². The van der Waals surface area contributed by atoms with E-state index in [1.54, 1.807) is 0 Å². The molecule has 0 bridgehead atoms. The molecule has 278 valence electrons. The topological polar surface area (TPSA) is 155 Å². The molecule has 0 fully saturated rings. The van der Waals surface area contributed by atoms with Gasteiger partial charge in [0.2, 0.25) is 11.8 Å². The van der Waals surface area contributed by atoms with Crippen molar-refractivity contribution < 1.29 is 33.8 Å². The van der Waals surface area contributed by atoms with Crippen molar-refractivity contribution in [2.75, 3.05) is 0 Å². The van der Waals surface area contributed by atoms with Crippen LogP contribution in [-0.2, 0) is 32.3 Å². The molecule has 0 aliphatic heterocycles. The molecule has 0 aliphatic carbocycles. The summed E-state index contributed by atoms with van der Waals surface area (Å²) in [6.45, 7) is 11.6. The first-order valence-corrected chi connectivity index (χ1v) is 18.2. The number of nitrogens with one attached hydrogen (secondary N) is 4. The number of unbranched alkanes of at least 4 members (excludes halogenated alkanes) is 4. The van der Waals surface area contributed by atoms with Crippen molar-refractivity contribution in [1.82, 2.24) is 21.3 Å². The van der Waals surface area contributed by atoms with E-state index in [-0.39, 0.29) is 25.0 Å². The molecule has 4 atom stereocenters. The Kier molecular flexibility index (Phi) is 19.6. The third kappa shape index (κ3) is 15.6. The van der Waals surface area contributed by atoms with Gasteiger partial charge < -0.3 is 35.8 Å². The van der Waals surface area contributed by atoms with E-state index in [1.807, 2.05) is 88.4 Å². The molecule has 0 saturated carbocycles. The standard InChI is InChI=1S/C39H60N4O7/c1-7-9-13-23-31(40-36(45)33(27(3)4)42-38(47)49-25-29-19-15-11-16-20-29)35(44)32(24-14-10-8-2)41-37(46)34(28(5)6)43-39(48)50-26-30-21-17-12-18-22-30/h11-12,15-22,27-28,31-35,44H,7-10,13-14,23-26H2,1-6H3,(H,40,45)(H,41,46)(H,42,47)(H,43,48)/t31?,32?,33-,34-,35?/m0/s1. The lowest BCUT2D eigenvalue weighted by Crippen LogP contribution is -2.60. The molecule has 0 aliphatic rings. The number of carbonyl (C=O) groups is 4. The van der Waals surface area contributed by atoms with E-state index < -0.39 is 54.3 Å². The summed E-state index contributed by atoms with van der Waals surface area (Å²) < 4.78 is 10.7. The van der Waals surface area contributed by atoms with Gasteiger partial charge in [0.05, 0.1) is 18.2 Å². The average Bonchev–Trinajstić information content (AvgIpc) is 3.10. The minimum Gasteiger partial charge on any atom is -0.445 e. The number of aliphatic hydroxyl groups is 1. The molecule has 0 heterocycles. The second-order valence-corrected chi connectivity index (χ2v) is 13.6. The molecule has 11 heteroatoms. The lowest BCUT2D eigenvalue weighted by molar-refractivity contribution is -0.127. The lowest BCUT2D eigenvalue weighted by Gasteiger charge is -2.34. The van der Waals surface area contributed by atoms with Crippen LogP contribution in [-0.4, -0.2) is 59.4 Å². The smallest absolute Gasteiger partial charge is 0.408 e. The number of hydrogen-bond donors (Lipinski definition) is 5. The van der Waals surface area contributed by atoms with Crippen LogP contribution in [0, 0.1) is 11.8 Å². The predicted octanol–water partition coefficient (Wildman–Crippen LogP) is 6.38. The largest absolute Gasteiger partial charge is 0.445 e.